The van der Waals surface area contributed by atoms with E-state index in [2.05, 4.69) is 4.72 Å². The maximum absolute atomic E-state index is 12.2. The van der Waals surface area contributed by atoms with Gasteiger partial charge in [0, 0.05) is 5.02 Å². The van der Waals surface area contributed by atoms with E-state index in [0.29, 0.717) is 11.3 Å². The van der Waals surface area contributed by atoms with Gasteiger partial charge in [-0.1, -0.05) is 11.6 Å². The van der Waals surface area contributed by atoms with Crippen LogP contribution in [0, 0.1) is 11.3 Å². The molecular weight excluding hydrogens is 336 g/mol. The van der Waals surface area contributed by atoms with Crippen LogP contribution in [0.1, 0.15) is 15.2 Å². The molecule has 2 aromatic rings. The van der Waals surface area contributed by atoms with Crippen LogP contribution in [0.5, 0.6) is 0 Å². The molecule has 0 amide bonds. The molecule has 108 valence electrons. The Balaban J connectivity index is 2.40. The summed E-state index contributed by atoms with van der Waals surface area (Å²) >= 11 is 6.39. The number of thiophene rings is 1. The number of nitrogens with zero attached hydrogens (tertiary/aromatic N) is 1. The number of carboxylic acid groups (broad SMARTS) is 1. The molecule has 9 heteroatoms. The highest BCUT2D eigenvalue weighted by molar-refractivity contribution is 7.94. The summed E-state index contributed by atoms with van der Waals surface area (Å²) in [7, 11) is -3.98. The van der Waals surface area contributed by atoms with Crippen molar-refractivity contribution in [3.8, 4) is 6.07 Å². The Morgan fingerprint density at radius 1 is 1.33 bits per heavy atom. The number of hydrogen-bond donors (Lipinski definition) is 2. The molecule has 0 aliphatic rings. The van der Waals surface area contributed by atoms with E-state index in [-0.39, 0.29) is 25.4 Å². The highest BCUT2D eigenvalue weighted by Crippen LogP contribution is 2.27. The van der Waals surface area contributed by atoms with Gasteiger partial charge in [0.05, 0.1) is 11.3 Å². The van der Waals surface area contributed by atoms with Crippen molar-refractivity contribution in [1.82, 2.24) is 0 Å². The average molecular weight is 343 g/mol. The molecule has 21 heavy (non-hydrogen) atoms. The van der Waals surface area contributed by atoms with E-state index in [0.717, 1.165) is 0 Å². The first-order valence-electron chi connectivity index (χ1n) is 5.39. The number of anilines is 1. The summed E-state index contributed by atoms with van der Waals surface area (Å²) in [5, 5.41) is 18.0. The highest BCUT2D eigenvalue weighted by atomic mass is 35.5. The standard InChI is InChI=1S/C12H7ClN2O4S2/c13-8-2-1-7(6-14)9(5-8)15-21(18,19)11-4-3-10(20-11)12(16)17/h1-5,15H,(H,16,17). The third kappa shape index (κ3) is 3.33. The van der Waals surface area contributed by atoms with Crippen molar-refractivity contribution in [2.24, 2.45) is 0 Å². The number of rotatable bonds is 4. The van der Waals surface area contributed by atoms with Crippen LogP contribution in [-0.4, -0.2) is 19.5 Å². The minimum Gasteiger partial charge on any atom is -0.477 e. The van der Waals surface area contributed by atoms with Crippen molar-refractivity contribution in [3.63, 3.8) is 0 Å². The summed E-state index contributed by atoms with van der Waals surface area (Å²) in [5.74, 6) is -1.21. The topological polar surface area (TPSA) is 107 Å². The largest absolute Gasteiger partial charge is 0.477 e. The van der Waals surface area contributed by atoms with Gasteiger partial charge in [0.25, 0.3) is 10.0 Å². The van der Waals surface area contributed by atoms with Crippen molar-refractivity contribution >= 4 is 44.6 Å². The van der Waals surface area contributed by atoms with Crippen molar-refractivity contribution in [1.29, 1.82) is 5.26 Å². The molecule has 1 aromatic carbocycles. The minimum atomic E-state index is -3.98. The molecule has 2 N–H and O–H groups in total. The van der Waals surface area contributed by atoms with E-state index >= 15 is 0 Å². The van der Waals surface area contributed by atoms with Crippen molar-refractivity contribution in [2.45, 2.75) is 4.21 Å². The van der Waals surface area contributed by atoms with Gasteiger partial charge >= 0.3 is 5.97 Å². The fraction of sp³-hybridized carbons (Fsp3) is 0. The Morgan fingerprint density at radius 3 is 2.62 bits per heavy atom. The molecule has 2 rings (SSSR count). The van der Waals surface area contributed by atoms with Gasteiger partial charge in [0.1, 0.15) is 15.2 Å². The predicted molar refractivity (Wildman–Crippen MR) is 78.3 cm³/mol. The fourth-order valence-corrected chi connectivity index (χ4v) is 3.86. The van der Waals surface area contributed by atoms with E-state index in [1.54, 1.807) is 0 Å². The number of hydrogen-bond acceptors (Lipinski definition) is 5. The van der Waals surface area contributed by atoms with Crippen molar-refractivity contribution in [2.75, 3.05) is 4.72 Å². The van der Waals surface area contributed by atoms with Crippen LogP contribution < -0.4 is 4.72 Å². The number of nitriles is 1. The molecule has 0 bridgehead atoms. The zero-order valence-electron chi connectivity index (χ0n) is 10.2. The van der Waals surface area contributed by atoms with E-state index in [1.807, 2.05) is 6.07 Å². The van der Waals surface area contributed by atoms with Crippen molar-refractivity contribution < 1.29 is 18.3 Å². The molecule has 0 radical (unpaired) electrons. The van der Waals surface area contributed by atoms with Gasteiger partial charge in [-0.2, -0.15) is 5.26 Å². The number of halogens is 1. The molecule has 0 spiro atoms. The van der Waals surface area contributed by atoms with Gasteiger partial charge in [-0.25, -0.2) is 13.2 Å². The summed E-state index contributed by atoms with van der Waals surface area (Å²) in [6.07, 6.45) is 0. The Morgan fingerprint density at radius 2 is 2.05 bits per heavy atom. The van der Waals surface area contributed by atoms with Crippen LogP contribution in [-0.2, 0) is 10.0 Å². The first kappa shape index (κ1) is 15.3. The van der Waals surface area contributed by atoms with Crippen LogP contribution >= 0.6 is 22.9 Å². The molecule has 1 heterocycles. The summed E-state index contributed by atoms with van der Waals surface area (Å²) in [6, 6.07) is 8.39. The van der Waals surface area contributed by atoms with Crippen molar-refractivity contribution in [3.05, 3.63) is 45.8 Å². The quantitative estimate of drug-likeness (QED) is 0.888. The van der Waals surface area contributed by atoms with Crippen LogP contribution in [0.25, 0.3) is 0 Å². The second kappa shape index (κ2) is 5.73. The molecule has 0 fully saturated rings. The van der Waals surface area contributed by atoms with Crippen LogP contribution in [0.4, 0.5) is 5.69 Å². The Kier molecular flexibility index (Phi) is 4.18. The predicted octanol–water partition coefficient (Wildman–Crippen LogP) is 2.77. The number of aromatic carboxylic acids is 1. The van der Waals surface area contributed by atoms with Gasteiger partial charge < -0.3 is 5.11 Å². The summed E-state index contributed by atoms with van der Waals surface area (Å²) in [5.41, 5.74) is 0.147. The summed E-state index contributed by atoms with van der Waals surface area (Å²) < 4.78 is 26.4. The Hall–Kier alpha value is -2.08. The third-order valence-corrected chi connectivity index (χ3v) is 5.57. The lowest BCUT2D eigenvalue weighted by molar-refractivity contribution is 0.0702. The molecule has 0 saturated carbocycles. The zero-order valence-corrected chi connectivity index (χ0v) is 12.6. The van der Waals surface area contributed by atoms with E-state index < -0.39 is 16.0 Å². The van der Waals surface area contributed by atoms with Crippen LogP contribution in [0.3, 0.4) is 0 Å². The molecule has 6 nitrogen and oxygen atoms in total. The van der Waals surface area contributed by atoms with E-state index in [1.165, 1.54) is 30.3 Å². The van der Waals surface area contributed by atoms with Gasteiger partial charge in [-0.15, -0.1) is 11.3 Å². The summed E-state index contributed by atoms with van der Waals surface area (Å²) in [6.45, 7) is 0. The number of carboxylic acids is 1. The smallest absolute Gasteiger partial charge is 0.345 e. The average Bonchev–Trinajstić information content (AvgIpc) is 2.89. The fourth-order valence-electron chi connectivity index (χ4n) is 1.47. The second-order valence-electron chi connectivity index (χ2n) is 3.83. The van der Waals surface area contributed by atoms with Gasteiger partial charge in [-0.05, 0) is 30.3 Å². The minimum absolute atomic E-state index is 0.0373. The number of carbonyl (C=O) groups is 1. The lowest BCUT2D eigenvalue weighted by Gasteiger charge is -2.08. The summed E-state index contributed by atoms with van der Waals surface area (Å²) in [4.78, 5) is 10.7. The normalized spacial score (nSPS) is 10.9. The number of sulfonamides is 1. The second-order valence-corrected chi connectivity index (χ2v) is 7.26. The lowest BCUT2D eigenvalue weighted by Crippen LogP contribution is -2.12. The Bertz CT molecular complexity index is 852. The molecule has 0 aliphatic carbocycles. The van der Waals surface area contributed by atoms with E-state index in [4.69, 9.17) is 22.0 Å². The molecule has 1 aromatic heterocycles. The molecule has 0 aliphatic heterocycles. The first-order valence-corrected chi connectivity index (χ1v) is 8.07. The maximum Gasteiger partial charge on any atom is 0.345 e. The maximum atomic E-state index is 12.2. The monoisotopic (exact) mass is 342 g/mol. The highest BCUT2D eigenvalue weighted by Gasteiger charge is 2.20. The third-order valence-electron chi connectivity index (χ3n) is 2.40. The first-order chi connectivity index (χ1) is 9.83. The lowest BCUT2D eigenvalue weighted by atomic mass is 10.2. The molecule has 0 unspecified atom stereocenters. The number of nitrogens with one attached hydrogen (secondary N) is 1. The van der Waals surface area contributed by atoms with E-state index in [9.17, 15) is 13.2 Å². The van der Waals surface area contributed by atoms with Gasteiger partial charge in [0.2, 0.25) is 0 Å². The Labute approximate surface area is 129 Å². The molecule has 0 atom stereocenters. The zero-order chi connectivity index (χ0) is 15.6. The molecule has 0 saturated heterocycles. The SMILES string of the molecule is N#Cc1ccc(Cl)cc1NS(=O)(=O)c1ccc(C(=O)O)s1. The number of benzene rings is 1. The van der Waals surface area contributed by atoms with Crippen LogP contribution in [0.2, 0.25) is 5.02 Å². The van der Waals surface area contributed by atoms with Crippen LogP contribution in [0.15, 0.2) is 34.5 Å². The van der Waals surface area contributed by atoms with Gasteiger partial charge in [0.15, 0.2) is 0 Å². The molecular formula is C12H7ClN2O4S2. The van der Waals surface area contributed by atoms with Gasteiger partial charge in [-0.3, -0.25) is 4.72 Å².